The molecule has 0 saturated carbocycles. The summed E-state index contributed by atoms with van der Waals surface area (Å²) < 4.78 is 2.25. The minimum absolute atomic E-state index is 0.0923. The number of amides is 1. The number of nitro benzene ring substituents is 1. The topological polar surface area (TPSA) is 123 Å². The molecular formula is C20H18BrN5O4. The van der Waals surface area contributed by atoms with Crippen LogP contribution in [0.2, 0.25) is 0 Å². The van der Waals surface area contributed by atoms with Gasteiger partial charge in [0.25, 0.3) is 5.91 Å². The Balaban J connectivity index is 1.73. The van der Waals surface area contributed by atoms with Crippen molar-refractivity contribution < 1.29 is 14.8 Å². The lowest BCUT2D eigenvalue weighted by atomic mass is 10.1. The Morgan fingerprint density at radius 1 is 1.33 bits per heavy atom. The Morgan fingerprint density at radius 3 is 2.77 bits per heavy atom. The average Bonchev–Trinajstić information content (AvgIpc) is 3.00. The first kappa shape index (κ1) is 21.2. The van der Waals surface area contributed by atoms with E-state index in [1.165, 1.54) is 12.1 Å². The molecule has 0 bridgehead atoms. The number of hydrogen-bond acceptors (Lipinski definition) is 6. The predicted molar refractivity (Wildman–Crippen MR) is 115 cm³/mol. The third-order valence-corrected chi connectivity index (χ3v) is 4.73. The van der Waals surface area contributed by atoms with Gasteiger partial charge in [-0.05, 0) is 43.7 Å². The minimum atomic E-state index is -0.704. The number of nitro groups is 1. The lowest BCUT2D eigenvalue weighted by Gasteiger charge is -2.07. The molecule has 0 saturated heterocycles. The maximum atomic E-state index is 12.4. The molecule has 1 aromatic heterocycles. The summed E-state index contributed by atoms with van der Waals surface area (Å²) in [6.07, 6.45) is 1.14. The number of nitrogens with zero attached hydrogens (tertiary/aromatic N) is 4. The van der Waals surface area contributed by atoms with E-state index in [0.29, 0.717) is 16.6 Å². The molecule has 1 heterocycles. The largest absolute Gasteiger partial charge is 0.502 e. The maximum absolute atomic E-state index is 12.4. The molecular weight excluding hydrogens is 454 g/mol. The smallest absolute Gasteiger partial charge is 0.312 e. The summed E-state index contributed by atoms with van der Waals surface area (Å²) >= 11 is 3.14. The molecule has 0 aliphatic rings. The van der Waals surface area contributed by atoms with Gasteiger partial charge in [-0.25, -0.2) is 5.43 Å². The molecule has 0 aliphatic carbocycles. The number of hydrazone groups is 1. The van der Waals surface area contributed by atoms with E-state index in [4.69, 9.17) is 0 Å². The third-order valence-electron chi connectivity index (χ3n) is 4.28. The molecule has 1 amide bonds. The highest BCUT2D eigenvalue weighted by atomic mass is 79.9. The molecule has 154 valence electrons. The number of phenolic OH excluding ortho intramolecular Hbond substituents is 1. The second-order valence-corrected chi connectivity index (χ2v) is 7.52. The fourth-order valence-electron chi connectivity index (χ4n) is 2.89. The normalized spacial score (nSPS) is 11.0. The molecule has 3 rings (SSSR count). The Hall–Kier alpha value is -3.53. The zero-order chi connectivity index (χ0) is 21.8. The fourth-order valence-corrected chi connectivity index (χ4v) is 3.35. The lowest BCUT2D eigenvalue weighted by molar-refractivity contribution is -0.385. The number of phenols is 1. The van der Waals surface area contributed by atoms with Crippen molar-refractivity contribution in [2.45, 2.75) is 20.4 Å². The summed E-state index contributed by atoms with van der Waals surface area (Å²) in [4.78, 5) is 22.7. The van der Waals surface area contributed by atoms with Gasteiger partial charge >= 0.3 is 5.69 Å². The van der Waals surface area contributed by atoms with Crippen LogP contribution in [0, 0.1) is 24.0 Å². The first-order valence-corrected chi connectivity index (χ1v) is 9.64. The molecule has 0 fully saturated rings. The summed E-state index contributed by atoms with van der Waals surface area (Å²) in [7, 11) is 0. The van der Waals surface area contributed by atoms with Gasteiger partial charge in [-0.3, -0.25) is 19.6 Å². The summed E-state index contributed by atoms with van der Waals surface area (Å²) in [6, 6.07) is 11.7. The fraction of sp³-hybridized carbons (Fsp3) is 0.150. The van der Waals surface area contributed by atoms with Crippen LogP contribution in [0.5, 0.6) is 5.75 Å². The number of hydrogen-bond donors (Lipinski definition) is 2. The van der Waals surface area contributed by atoms with Gasteiger partial charge in [0.2, 0.25) is 5.75 Å². The van der Waals surface area contributed by atoms with Gasteiger partial charge in [-0.1, -0.05) is 28.1 Å². The highest BCUT2D eigenvalue weighted by Crippen LogP contribution is 2.32. The number of aryl methyl sites for hydroxylation is 2. The molecule has 0 atom stereocenters. The van der Waals surface area contributed by atoms with Crippen molar-refractivity contribution in [2.24, 2.45) is 5.10 Å². The number of carbonyl (C=O) groups is 1. The highest BCUT2D eigenvalue weighted by molar-refractivity contribution is 9.10. The van der Waals surface area contributed by atoms with Crippen molar-refractivity contribution in [2.75, 3.05) is 0 Å². The first-order chi connectivity index (χ1) is 14.2. The third kappa shape index (κ3) is 4.90. The van der Waals surface area contributed by atoms with Gasteiger partial charge in [0.1, 0.15) is 0 Å². The second-order valence-electron chi connectivity index (χ2n) is 6.60. The highest BCUT2D eigenvalue weighted by Gasteiger charge is 2.17. The Kier molecular flexibility index (Phi) is 6.26. The van der Waals surface area contributed by atoms with Gasteiger partial charge in [0.05, 0.1) is 23.4 Å². The second kappa shape index (κ2) is 8.87. The van der Waals surface area contributed by atoms with E-state index in [1.54, 1.807) is 18.2 Å². The van der Waals surface area contributed by atoms with Crippen molar-refractivity contribution in [3.05, 3.63) is 85.1 Å². The summed E-state index contributed by atoms with van der Waals surface area (Å²) in [5.41, 5.74) is 5.24. The van der Waals surface area contributed by atoms with Gasteiger partial charge in [0.15, 0.2) is 0 Å². The summed E-state index contributed by atoms with van der Waals surface area (Å²) in [5.74, 6) is -0.987. The van der Waals surface area contributed by atoms with E-state index >= 15 is 0 Å². The zero-order valence-corrected chi connectivity index (χ0v) is 17.8. The van der Waals surface area contributed by atoms with Gasteiger partial charge in [-0.15, -0.1) is 0 Å². The van der Waals surface area contributed by atoms with Crippen LogP contribution in [0.25, 0.3) is 0 Å². The number of benzene rings is 2. The predicted octanol–water partition coefficient (Wildman–Crippen LogP) is 3.69. The molecule has 2 aromatic carbocycles. The minimum Gasteiger partial charge on any atom is -0.502 e. The molecule has 3 aromatic rings. The number of aromatic nitrogens is 2. The van der Waals surface area contributed by atoms with Gasteiger partial charge in [-0.2, -0.15) is 10.2 Å². The van der Waals surface area contributed by atoms with Crippen LogP contribution in [0.15, 0.2) is 52.0 Å². The van der Waals surface area contributed by atoms with E-state index in [-0.39, 0.29) is 5.56 Å². The molecule has 10 heteroatoms. The molecule has 0 aliphatic heterocycles. The number of carbonyl (C=O) groups excluding carboxylic acids is 1. The van der Waals surface area contributed by atoms with Crippen LogP contribution in [-0.4, -0.2) is 31.9 Å². The molecule has 0 spiro atoms. The van der Waals surface area contributed by atoms with E-state index in [0.717, 1.165) is 23.2 Å². The molecule has 30 heavy (non-hydrogen) atoms. The SMILES string of the molecule is Cc1cc(C)n(Cc2cccc(C(=O)NN=Cc3cc(Br)cc([N+](=O)[O-])c3O)c2)n1. The molecule has 9 nitrogen and oxygen atoms in total. The van der Waals surface area contributed by atoms with Crippen molar-refractivity contribution in [3.63, 3.8) is 0 Å². The standard InChI is InChI=1S/C20H18BrN5O4/c1-12-6-13(2)25(24-12)11-14-4-3-5-15(7-14)20(28)23-22-10-16-8-17(21)9-18(19(16)27)26(29)30/h3-10,27H,11H2,1-2H3,(H,23,28). The number of rotatable bonds is 6. The van der Waals surface area contributed by atoms with Crippen LogP contribution in [0.3, 0.4) is 0 Å². The Labute approximate surface area is 180 Å². The average molecular weight is 472 g/mol. The molecule has 0 radical (unpaired) electrons. The number of nitrogens with one attached hydrogen (secondary N) is 1. The van der Waals surface area contributed by atoms with Crippen LogP contribution in [0.1, 0.15) is 32.9 Å². The Morgan fingerprint density at radius 2 is 2.10 bits per heavy atom. The number of halogens is 1. The quantitative estimate of drug-likeness (QED) is 0.322. The van der Waals surface area contributed by atoms with E-state index in [9.17, 15) is 20.0 Å². The van der Waals surface area contributed by atoms with Crippen molar-refractivity contribution >= 4 is 33.7 Å². The zero-order valence-electron chi connectivity index (χ0n) is 16.2. The van der Waals surface area contributed by atoms with Crippen LogP contribution in [0.4, 0.5) is 5.69 Å². The van der Waals surface area contributed by atoms with Crippen molar-refractivity contribution in [1.82, 2.24) is 15.2 Å². The van der Waals surface area contributed by atoms with E-state index < -0.39 is 22.3 Å². The van der Waals surface area contributed by atoms with Crippen LogP contribution >= 0.6 is 15.9 Å². The first-order valence-electron chi connectivity index (χ1n) is 8.85. The summed E-state index contributed by atoms with van der Waals surface area (Å²) in [5, 5.41) is 29.2. The maximum Gasteiger partial charge on any atom is 0.312 e. The Bertz CT molecular complexity index is 1160. The van der Waals surface area contributed by atoms with Gasteiger partial charge in [0, 0.05) is 27.4 Å². The van der Waals surface area contributed by atoms with Crippen LogP contribution in [-0.2, 0) is 6.54 Å². The van der Waals surface area contributed by atoms with E-state index in [1.807, 2.05) is 30.7 Å². The monoisotopic (exact) mass is 471 g/mol. The molecule has 0 unspecified atom stereocenters. The van der Waals surface area contributed by atoms with Crippen molar-refractivity contribution in [1.29, 1.82) is 0 Å². The van der Waals surface area contributed by atoms with Crippen molar-refractivity contribution in [3.8, 4) is 5.75 Å². The summed E-state index contributed by atoms with van der Waals surface area (Å²) in [6.45, 7) is 4.41. The molecule has 2 N–H and O–H groups in total. The van der Waals surface area contributed by atoms with Gasteiger partial charge < -0.3 is 5.11 Å². The van der Waals surface area contributed by atoms with Crippen LogP contribution < -0.4 is 5.43 Å². The lowest BCUT2D eigenvalue weighted by Crippen LogP contribution is -2.18. The van der Waals surface area contributed by atoms with E-state index in [2.05, 4.69) is 31.6 Å². The number of aromatic hydroxyl groups is 1.